The van der Waals surface area contributed by atoms with Gasteiger partial charge >= 0.3 is 6.18 Å². The van der Waals surface area contributed by atoms with Crippen LogP contribution in [0.4, 0.5) is 19.0 Å². The number of nitrogens with two attached hydrogens (primary N) is 1. The number of halogens is 4. The van der Waals surface area contributed by atoms with Gasteiger partial charge in [0, 0.05) is 39.0 Å². The number of rotatable bonds is 4. The molecule has 3 rings (SSSR count). The first-order valence-electron chi connectivity index (χ1n) is 7.95. The first-order chi connectivity index (χ1) is 12.1. The van der Waals surface area contributed by atoms with Crippen LogP contribution in [0.1, 0.15) is 28.3 Å². The zero-order chi connectivity index (χ0) is 19.1. The van der Waals surface area contributed by atoms with E-state index in [9.17, 15) is 18.0 Å². The summed E-state index contributed by atoms with van der Waals surface area (Å²) in [5.41, 5.74) is 4.56. The van der Waals surface area contributed by atoms with E-state index in [4.69, 9.17) is 17.3 Å². The van der Waals surface area contributed by atoms with E-state index in [0.717, 1.165) is 12.6 Å². The molecule has 0 spiro atoms. The number of hydrogen-bond acceptors (Lipinski definition) is 4. The SMILES string of the molecule is CN(C[C@H]1CCc2nc(C(F)(F)F)cn2C1)c1ncc(C(N)=O)cc1Cl. The van der Waals surface area contributed by atoms with Crippen molar-refractivity contribution in [2.45, 2.75) is 25.6 Å². The van der Waals surface area contributed by atoms with Crippen LogP contribution in [-0.4, -0.2) is 34.0 Å². The summed E-state index contributed by atoms with van der Waals surface area (Å²) in [4.78, 5) is 20.8. The van der Waals surface area contributed by atoms with E-state index in [0.29, 0.717) is 36.2 Å². The van der Waals surface area contributed by atoms with Crippen molar-refractivity contribution in [3.05, 3.63) is 40.6 Å². The van der Waals surface area contributed by atoms with Gasteiger partial charge < -0.3 is 15.2 Å². The van der Waals surface area contributed by atoms with Gasteiger partial charge in [-0.25, -0.2) is 9.97 Å². The zero-order valence-electron chi connectivity index (χ0n) is 13.9. The van der Waals surface area contributed by atoms with E-state index >= 15 is 0 Å². The lowest BCUT2D eigenvalue weighted by Crippen LogP contribution is -2.32. The molecule has 2 N–H and O–H groups in total. The predicted octanol–water partition coefficient (Wildman–Crippen LogP) is 2.75. The Labute approximate surface area is 152 Å². The molecule has 2 aromatic heterocycles. The fourth-order valence-electron chi connectivity index (χ4n) is 3.12. The second-order valence-electron chi connectivity index (χ2n) is 6.37. The number of alkyl halides is 3. The lowest BCUT2D eigenvalue weighted by molar-refractivity contribution is -0.141. The molecule has 0 aliphatic carbocycles. The molecule has 140 valence electrons. The van der Waals surface area contributed by atoms with Crippen molar-refractivity contribution in [3.8, 4) is 0 Å². The van der Waals surface area contributed by atoms with E-state index in [-0.39, 0.29) is 11.5 Å². The monoisotopic (exact) mass is 387 g/mol. The molecule has 3 heterocycles. The van der Waals surface area contributed by atoms with E-state index in [1.807, 2.05) is 4.90 Å². The van der Waals surface area contributed by atoms with Gasteiger partial charge in [-0.3, -0.25) is 4.79 Å². The quantitative estimate of drug-likeness (QED) is 0.875. The molecular weight excluding hydrogens is 371 g/mol. The predicted molar refractivity (Wildman–Crippen MR) is 90.1 cm³/mol. The van der Waals surface area contributed by atoms with E-state index in [2.05, 4.69) is 9.97 Å². The Hall–Kier alpha value is -2.29. The van der Waals surface area contributed by atoms with E-state index in [1.165, 1.54) is 12.3 Å². The maximum absolute atomic E-state index is 12.8. The van der Waals surface area contributed by atoms with Gasteiger partial charge in [0.05, 0.1) is 10.6 Å². The third-order valence-corrected chi connectivity index (χ3v) is 4.66. The average Bonchev–Trinajstić information content (AvgIpc) is 2.98. The normalized spacial score (nSPS) is 17.0. The zero-order valence-corrected chi connectivity index (χ0v) is 14.7. The van der Waals surface area contributed by atoms with E-state index in [1.54, 1.807) is 11.6 Å². The number of amides is 1. The fraction of sp³-hybridized carbons (Fsp3) is 0.438. The summed E-state index contributed by atoms with van der Waals surface area (Å²) < 4.78 is 40.0. The summed E-state index contributed by atoms with van der Waals surface area (Å²) in [6, 6.07) is 1.45. The third-order valence-electron chi connectivity index (χ3n) is 4.38. The minimum atomic E-state index is -4.43. The van der Waals surface area contributed by atoms with Crippen molar-refractivity contribution >= 4 is 23.3 Å². The summed E-state index contributed by atoms with van der Waals surface area (Å²) >= 11 is 6.17. The van der Waals surface area contributed by atoms with Gasteiger partial charge in [0.2, 0.25) is 5.91 Å². The molecule has 0 aromatic carbocycles. The number of pyridine rings is 1. The minimum Gasteiger partial charge on any atom is -0.366 e. The van der Waals surface area contributed by atoms with Crippen molar-refractivity contribution in [1.82, 2.24) is 14.5 Å². The van der Waals surface area contributed by atoms with Crippen LogP contribution < -0.4 is 10.6 Å². The highest BCUT2D eigenvalue weighted by molar-refractivity contribution is 6.33. The molecule has 2 aromatic rings. The topological polar surface area (TPSA) is 77.0 Å². The highest BCUT2D eigenvalue weighted by Gasteiger charge is 2.35. The molecule has 26 heavy (non-hydrogen) atoms. The Morgan fingerprint density at radius 1 is 1.50 bits per heavy atom. The summed E-state index contributed by atoms with van der Waals surface area (Å²) in [5, 5.41) is 0.294. The summed E-state index contributed by atoms with van der Waals surface area (Å²) in [6.45, 7) is 1.00. The molecule has 10 heteroatoms. The van der Waals surface area contributed by atoms with Gasteiger partial charge in [-0.15, -0.1) is 0 Å². The number of hydrogen-bond donors (Lipinski definition) is 1. The highest BCUT2D eigenvalue weighted by atomic mass is 35.5. The van der Waals surface area contributed by atoms with Gasteiger partial charge in [-0.1, -0.05) is 11.6 Å². The van der Waals surface area contributed by atoms with Gasteiger partial charge in [0.25, 0.3) is 0 Å². The largest absolute Gasteiger partial charge is 0.434 e. The fourth-order valence-corrected chi connectivity index (χ4v) is 3.43. The smallest absolute Gasteiger partial charge is 0.366 e. The number of nitrogens with zero attached hydrogens (tertiary/aromatic N) is 4. The molecule has 1 aliphatic heterocycles. The molecule has 6 nitrogen and oxygen atoms in total. The standard InChI is InChI=1S/C16H17ClF3N5O/c1-24(15-11(17)4-10(5-22-15)14(21)26)6-9-2-3-13-23-12(16(18,19)20)8-25(13)7-9/h4-5,8-9H,2-3,6-7H2,1H3,(H2,21,26)/t9-/m1/s1. The van der Waals surface area contributed by atoms with Crippen LogP contribution in [0.3, 0.4) is 0 Å². The van der Waals surface area contributed by atoms with Crippen LogP contribution in [0, 0.1) is 5.92 Å². The van der Waals surface area contributed by atoms with Crippen molar-refractivity contribution in [2.24, 2.45) is 11.7 Å². The molecule has 1 aliphatic rings. The molecule has 0 saturated heterocycles. The van der Waals surface area contributed by atoms with Crippen LogP contribution in [0.5, 0.6) is 0 Å². The van der Waals surface area contributed by atoms with Crippen LogP contribution in [-0.2, 0) is 19.1 Å². The number of aryl methyl sites for hydroxylation is 1. The van der Waals surface area contributed by atoms with Gasteiger partial charge in [0.15, 0.2) is 5.69 Å². The Kier molecular flexibility index (Phi) is 4.83. The van der Waals surface area contributed by atoms with Crippen LogP contribution in [0.15, 0.2) is 18.5 Å². The second-order valence-corrected chi connectivity index (χ2v) is 6.78. The number of fused-ring (bicyclic) bond motifs is 1. The lowest BCUT2D eigenvalue weighted by atomic mass is 9.99. The van der Waals surface area contributed by atoms with Crippen molar-refractivity contribution in [1.29, 1.82) is 0 Å². The van der Waals surface area contributed by atoms with Crippen LogP contribution >= 0.6 is 11.6 Å². The molecule has 1 atom stereocenters. The number of carbonyl (C=O) groups excluding carboxylic acids is 1. The summed E-state index contributed by atoms with van der Waals surface area (Å²) in [7, 11) is 1.79. The number of anilines is 1. The van der Waals surface area contributed by atoms with Crippen molar-refractivity contribution < 1.29 is 18.0 Å². The Bertz CT molecular complexity index is 836. The van der Waals surface area contributed by atoms with Crippen LogP contribution in [0.25, 0.3) is 0 Å². The van der Waals surface area contributed by atoms with Gasteiger partial charge in [0.1, 0.15) is 11.6 Å². The molecular formula is C16H17ClF3N5O. The molecule has 0 radical (unpaired) electrons. The Balaban J connectivity index is 1.70. The highest BCUT2D eigenvalue weighted by Crippen LogP contribution is 2.31. The summed E-state index contributed by atoms with van der Waals surface area (Å²) in [6.07, 6.45) is -0.818. The number of primary amides is 1. The first-order valence-corrected chi connectivity index (χ1v) is 8.32. The molecule has 1 amide bonds. The molecule has 0 fully saturated rings. The first kappa shape index (κ1) is 18.5. The Morgan fingerprint density at radius 3 is 2.85 bits per heavy atom. The van der Waals surface area contributed by atoms with E-state index < -0.39 is 17.8 Å². The number of aromatic nitrogens is 3. The van der Waals surface area contributed by atoms with Gasteiger partial charge in [-0.05, 0) is 18.4 Å². The van der Waals surface area contributed by atoms with Crippen molar-refractivity contribution in [3.63, 3.8) is 0 Å². The average molecular weight is 388 g/mol. The Morgan fingerprint density at radius 2 is 2.23 bits per heavy atom. The number of carbonyl (C=O) groups is 1. The summed E-state index contributed by atoms with van der Waals surface area (Å²) in [5.74, 6) is 0.452. The molecule has 0 bridgehead atoms. The second kappa shape index (κ2) is 6.79. The number of imidazole rings is 1. The van der Waals surface area contributed by atoms with Crippen molar-refractivity contribution in [2.75, 3.05) is 18.5 Å². The molecule has 0 unspecified atom stereocenters. The maximum atomic E-state index is 12.8. The minimum absolute atomic E-state index is 0.122. The lowest BCUT2D eigenvalue weighted by Gasteiger charge is -2.29. The maximum Gasteiger partial charge on any atom is 0.434 e. The molecule has 0 saturated carbocycles. The third kappa shape index (κ3) is 3.77. The van der Waals surface area contributed by atoms with Gasteiger partial charge in [-0.2, -0.15) is 13.2 Å². The van der Waals surface area contributed by atoms with Crippen LogP contribution in [0.2, 0.25) is 5.02 Å².